The third-order valence-electron chi connectivity index (χ3n) is 4.58. The molecule has 5 atom stereocenters. The Morgan fingerprint density at radius 3 is 2.00 bits per heavy atom. The summed E-state index contributed by atoms with van der Waals surface area (Å²) < 4.78 is 10.2. The van der Waals surface area contributed by atoms with Crippen LogP contribution in [0.3, 0.4) is 0 Å². The highest BCUT2D eigenvalue weighted by Gasteiger charge is 2.45. The number of hydrogen-bond acceptors (Lipinski definition) is 7. The number of hydrogen-bond donors (Lipinski definition) is 4. The van der Waals surface area contributed by atoms with E-state index in [1.54, 1.807) is 0 Å². The minimum atomic E-state index is -1.54. The molecular formula is C18H34O7. The highest BCUT2D eigenvalue weighted by molar-refractivity contribution is 5.69. The summed E-state index contributed by atoms with van der Waals surface area (Å²) in [6.07, 6.45) is 3.49. The number of carbonyl (C=O) groups is 1. The summed E-state index contributed by atoms with van der Waals surface area (Å²) >= 11 is 0. The van der Waals surface area contributed by atoms with E-state index in [2.05, 4.69) is 6.92 Å². The lowest BCUT2D eigenvalue weighted by Crippen LogP contribution is -2.59. The second-order valence-corrected chi connectivity index (χ2v) is 6.77. The fourth-order valence-electron chi connectivity index (χ4n) is 2.93. The summed E-state index contributed by atoms with van der Waals surface area (Å²) in [4.78, 5) is 11.8. The van der Waals surface area contributed by atoms with Crippen LogP contribution in [0.15, 0.2) is 0 Å². The number of ether oxygens (including phenoxy) is 2. The molecule has 0 aromatic heterocycles. The number of carbonyl (C=O) groups excluding carboxylic acids is 1. The summed E-state index contributed by atoms with van der Waals surface area (Å²) in [5.41, 5.74) is 0. The molecule has 0 radical (unpaired) electrons. The third kappa shape index (κ3) is 8.00. The summed E-state index contributed by atoms with van der Waals surface area (Å²) in [5.74, 6) is -0.521. The lowest BCUT2D eigenvalue weighted by molar-refractivity contribution is -0.292. The van der Waals surface area contributed by atoms with Gasteiger partial charge in [-0.05, 0) is 6.42 Å². The van der Waals surface area contributed by atoms with Crippen molar-refractivity contribution in [1.29, 1.82) is 0 Å². The van der Waals surface area contributed by atoms with Crippen LogP contribution in [0.5, 0.6) is 0 Å². The number of unbranched alkanes of at least 4 members (excludes halogenated alkanes) is 8. The van der Waals surface area contributed by atoms with Gasteiger partial charge in [-0.3, -0.25) is 4.79 Å². The molecule has 1 aliphatic rings. The second-order valence-electron chi connectivity index (χ2n) is 6.77. The molecule has 0 spiro atoms. The van der Waals surface area contributed by atoms with Gasteiger partial charge in [-0.1, -0.05) is 58.3 Å². The molecule has 148 valence electrons. The van der Waals surface area contributed by atoms with Crippen LogP contribution in [0.25, 0.3) is 0 Å². The first-order valence-corrected chi connectivity index (χ1v) is 9.51. The molecule has 7 nitrogen and oxygen atoms in total. The quantitative estimate of drug-likeness (QED) is 0.305. The number of aliphatic hydroxyl groups is 4. The molecule has 1 rings (SSSR count). The van der Waals surface area contributed by atoms with Gasteiger partial charge in [0.1, 0.15) is 24.4 Å². The Balaban J connectivity index is 2.15. The maximum atomic E-state index is 11.8. The van der Waals surface area contributed by atoms with Crippen molar-refractivity contribution in [2.75, 3.05) is 6.61 Å². The SMILES string of the molecule is CCCCCCCCCCCC(=O)O[C@@H]1O[C@H](CO)[C@@H](O)[C@H](O)[C@H]1O. The van der Waals surface area contributed by atoms with Crippen LogP contribution in [0.4, 0.5) is 0 Å². The summed E-state index contributed by atoms with van der Waals surface area (Å²) in [5, 5.41) is 38.2. The average Bonchev–Trinajstić information content (AvgIpc) is 2.60. The second kappa shape index (κ2) is 12.6. The number of rotatable bonds is 12. The van der Waals surface area contributed by atoms with Crippen LogP contribution >= 0.6 is 0 Å². The predicted molar refractivity (Wildman–Crippen MR) is 91.7 cm³/mol. The van der Waals surface area contributed by atoms with Gasteiger partial charge >= 0.3 is 5.97 Å². The van der Waals surface area contributed by atoms with Crippen molar-refractivity contribution in [1.82, 2.24) is 0 Å². The zero-order chi connectivity index (χ0) is 18.7. The standard InChI is InChI=1S/C18H34O7/c1-2-3-4-5-6-7-8-9-10-11-14(20)25-18-17(23)16(22)15(21)13(12-19)24-18/h13,15-19,21-23H,2-12H2,1H3/t13-,15-,16+,17-,18+/m1/s1. The zero-order valence-electron chi connectivity index (χ0n) is 15.2. The minimum Gasteiger partial charge on any atom is -0.433 e. The first-order valence-electron chi connectivity index (χ1n) is 9.51. The normalized spacial score (nSPS) is 29.6. The molecule has 0 unspecified atom stereocenters. The van der Waals surface area contributed by atoms with Crippen molar-refractivity contribution in [3.8, 4) is 0 Å². The first-order chi connectivity index (χ1) is 12.0. The average molecular weight is 362 g/mol. The highest BCUT2D eigenvalue weighted by atomic mass is 16.7. The molecule has 4 N–H and O–H groups in total. The van der Waals surface area contributed by atoms with E-state index in [9.17, 15) is 20.1 Å². The van der Waals surface area contributed by atoms with Gasteiger partial charge in [0.05, 0.1) is 6.61 Å². The van der Waals surface area contributed by atoms with Crippen LogP contribution in [-0.4, -0.2) is 63.7 Å². The van der Waals surface area contributed by atoms with E-state index in [1.807, 2.05) is 0 Å². The molecule has 7 heteroatoms. The van der Waals surface area contributed by atoms with E-state index in [4.69, 9.17) is 14.6 Å². The summed E-state index contributed by atoms with van der Waals surface area (Å²) in [6, 6.07) is 0. The Morgan fingerprint density at radius 2 is 1.44 bits per heavy atom. The Morgan fingerprint density at radius 1 is 0.880 bits per heavy atom. The van der Waals surface area contributed by atoms with Gasteiger partial charge in [-0.2, -0.15) is 0 Å². The van der Waals surface area contributed by atoms with Crippen LogP contribution in [-0.2, 0) is 14.3 Å². The molecule has 0 aliphatic carbocycles. The van der Waals surface area contributed by atoms with E-state index in [0.717, 1.165) is 12.8 Å². The van der Waals surface area contributed by atoms with E-state index in [0.29, 0.717) is 6.42 Å². The Bertz CT molecular complexity index is 361. The van der Waals surface area contributed by atoms with Gasteiger partial charge in [0, 0.05) is 6.42 Å². The zero-order valence-corrected chi connectivity index (χ0v) is 15.2. The summed E-state index contributed by atoms with van der Waals surface area (Å²) in [6.45, 7) is 1.65. The van der Waals surface area contributed by atoms with Gasteiger partial charge < -0.3 is 29.9 Å². The maximum Gasteiger partial charge on any atom is 0.308 e. The lowest BCUT2D eigenvalue weighted by atomic mass is 9.99. The molecule has 25 heavy (non-hydrogen) atoms. The van der Waals surface area contributed by atoms with E-state index >= 15 is 0 Å². The van der Waals surface area contributed by atoms with Gasteiger partial charge in [0.2, 0.25) is 6.29 Å². The highest BCUT2D eigenvalue weighted by Crippen LogP contribution is 2.22. The molecule has 0 saturated carbocycles. The van der Waals surface area contributed by atoms with E-state index in [1.165, 1.54) is 38.5 Å². The number of esters is 1. The Hall–Kier alpha value is -0.730. The fourth-order valence-corrected chi connectivity index (χ4v) is 2.93. The van der Waals surface area contributed by atoms with Crippen molar-refractivity contribution in [3.05, 3.63) is 0 Å². The smallest absolute Gasteiger partial charge is 0.308 e. The molecule has 0 aromatic carbocycles. The molecule has 1 saturated heterocycles. The van der Waals surface area contributed by atoms with Gasteiger partial charge in [-0.25, -0.2) is 0 Å². The van der Waals surface area contributed by atoms with Crippen LogP contribution in [0, 0.1) is 0 Å². The monoisotopic (exact) mass is 362 g/mol. The largest absolute Gasteiger partial charge is 0.433 e. The lowest BCUT2D eigenvalue weighted by Gasteiger charge is -2.39. The topological polar surface area (TPSA) is 116 Å². The Kier molecular flexibility index (Phi) is 11.2. The maximum absolute atomic E-state index is 11.8. The van der Waals surface area contributed by atoms with Crippen LogP contribution in [0.1, 0.15) is 71.1 Å². The predicted octanol–water partition coefficient (Wildman–Crippen LogP) is 1.25. The molecule has 1 aliphatic heterocycles. The molecule has 1 heterocycles. The molecule has 1 fully saturated rings. The Labute approximate surface area is 150 Å². The van der Waals surface area contributed by atoms with Crippen molar-refractivity contribution in [2.24, 2.45) is 0 Å². The van der Waals surface area contributed by atoms with Crippen molar-refractivity contribution >= 4 is 5.97 Å². The van der Waals surface area contributed by atoms with Gasteiger partial charge in [-0.15, -0.1) is 0 Å². The molecular weight excluding hydrogens is 328 g/mol. The third-order valence-corrected chi connectivity index (χ3v) is 4.58. The molecule has 0 aromatic rings. The molecule has 0 amide bonds. The number of aliphatic hydroxyl groups excluding tert-OH is 4. The van der Waals surface area contributed by atoms with Crippen molar-refractivity contribution in [3.63, 3.8) is 0 Å². The van der Waals surface area contributed by atoms with E-state index < -0.39 is 43.3 Å². The first kappa shape index (κ1) is 22.3. The summed E-state index contributed by atoms with van der Waals surface area (Å²) in [7, 11) is 0. The van der Waals surface area contributed by atoms with Crippen molar-refractivity contribution in [2.45, 2.75) is 102 Å². The van der Waals surface area contributed by atoms with Crippen molar-refractivity contribution < 1.29 is 34.7 Å². The van der Waals surface area contributed by atoms with Crippen LogP contribution < -0.4 is 0 Å². The van der Waals surface area contributed by atoms with Gasteiger partial charge in [0.25, 0.3) is 0 Å². The molecule has 0 bridgehead atoms. The van der Waals surface area contributed by atoms with E-state index in [-0.39, 0.29) is 6.42 Å². The van der Waals surface area contributed by atoms with Gasteiger partial charge in [0.15, 0.2) is 0 Å². The minimum absolute atomic E-state index is 0.213. The fraction of sp³-hybridized carbons (Fsp3) is 0.944. The van der Waals surface area contributed by atoms with Crippen LogP contribution in [0.2, 0.25) is 0 Å².